The van der Waals surface area contributed by atoms with Crippen molar-refractivity contribution in [2.45, 2.75) is 50.6 Å². The van der Waals surface area contributed by atoms with Gasteiger partial charge in [0.25, 0.3) is 5.91 Å². The first-order valence-electron chi connectivity index (χ1n) is 12.9. The molecule has 5 heterocycles. The van der Waals surface area contributed by atoms with Gasteiger partial charge < -0.3 is 20.9 Å². The molecule has 9 nitrogen and oxygen atoms in total. The second-order valence-electron chi connectivity index (χ2n) is 10.1. The Labute approximate surface area is 219 Å². The third-order valence-electron chi connectivity index (χ3n) is 7.30. The van der Waals surface area contributed by atoms with Crippen molar-refractivity contribution < 1.29 is 9.59 Å². The van der Waals surface area contributed by atoms with E-state index in [2.05, 4.69) is 39.6 Å². The Kier molecular flexibility index (Phi) is 6.29. The van der Waals surface area contributed by atoms with Crippen molar-refractivity contribution in [3.05, 3.63) is 52.7 Å². The van der Waals surface area contributed by atoms with Crippen molar-refractivity contribution in [2.24, 2.45) is 0 Å². The van der Waals surface area contributed by atoms with Crippen LogP contribution in [0.2, 0.25) is 0 Å². The van der Waals surface area contributed by atoms with Gasteiger partial charge in [0, 0.05) is 36.0 Å². The van der Waals surface area contributed by atoms with Gasteiger partial charge in [0.05, 0.1) is 28.1 Å². The quantitative estimate of drug-likeness (QED) is 0.421. The van der Waals surface area contributed by atoms with Crippen LogP contribution in [-0.4, -0.2) is 63.5 Å². The molecule has 1 unspecified atom stereocenters. The van der Waals surface area contributed by atoms with Crippen molar-refractivity contribution in [2.75, 3.05) is 25.5 Å². The molecule has 1 atom stereocenters. The van der Waals surface area contributed by atoms with E-state index in [1.807, 2.05) is 28.8 Å². The third-order valence-corrected chi connectivity index (χ3v) is 8.41. The number of amides is 2. The predicted molar refractivity (Wildman–Crippen MR) is 145 cm³/mol. The average molecular weight is 518 g/mol. The molecular weight excluding hydrogens is 486 g/mol. The van der Waals surface area contributed by atoms with Crippen molar-refractivity contribution in [1.29, 1.82) is 0 Å². The lowest BCUT2D eigenvalue weighted by molar-refractivity contribution is -0.118. The molecule has 2 saturated heterocycles. The van der Waals surface area contributed by atoms with E-state index in [0.717, 1.165) is 53.3 Å². The maximum Gasteiger partial charge on any atom is 0.261 e. The molecular formula is C27H31N7O2S. The first kappa shape index (κ1) is 23.9. The minimum absolute atomic E-state index is 0.0407. The Balaban J connectivity index is 1.25. The monoisotopic (exact) mass is 517 g/mol. The van der Waals surface area contributed by atoms with Gasteiger partial charge in [-0.2, -0.15) is 9.61 Å². The summed E-state index contributed by atoms with van der Waals surface area (Å²) in [6.45, 7) is 5.76. The third kappa shape index (κ3) is 5.03. The SMILES string of the molecule is C=C1NC(=O)C/C1=C\c1cnn2c(NC3CC3)cc(-c3ccc(C(=O)NCCC4CCCN4C)s3)nc12. The standard InChI is InChI=1S/C27H31N7O2S/c1-16-17(13-25(35)30-16)12-18-15-29-34-24(31-19-5-6-19)14-21(32-26(18)34)22-7-8-23(37-22)27(36)28-10-9-20-4-3-11-33(20)2/h7-8,12,14-15,19-20,31H,1,3-6,9-11,13H2,2H3,(H,28,36)(H,30,35)/b17-12+. The van der Waals surface area contributed by atoms with Crippen LogP contribution in [0.4, 0.5) is 5.82 Å². The number of nitrogens with zero attached hydrogens (tertiary/aromatic N) is 4. The molecule has 0 aromatic carbocycles. The highest BCUT2D eigenvalue weighted by Crippen LogP contribution is 2.33. The second kappa shape index (κ2) is 9.75. The minimum Gasteiger partial charge on any atom is -0.367 e. The summed E-state index contributed by atoms with van der Waals surface area (Å²) in [6, 6.07) is 6.82. The van der Waals surface area contributed by atoms with E-state index in [1.54, 1.807) is 6.20 Å². The number of nitrogens with one attached hydrogen (secondary N) is 3. The molecule has 2 aliphatic heterocycles. The Morgan fingerprint density at radius 3 is 2.92 bits per heavy atom. The zero-order chi connectivity index (χ0) is 25.5. The van der Waals surface area contributed by atoms with E-state index < -0.39 is 0 Å². The molecule has 3 fully saturated rings. The Bertz CT molecular complexity index is 1420. The molecule has 0 spiro atoms. The normalized spacial score (nSPS) is 21.2. The predicted octanol–water partition coefficient (Wildman–Crippen LogP) is 3.66. The highest BCUT2D eigenvalue weighted by atomic mass is 32.1. The van der Waals surface area contributed by atoms with Crippen molar-refractivity contribution in [3.63, 3.8) is 0 Å². The van der Waals surface area contributed by atoms with Crippen LogP contribution in [0.1, 0.15) is 53.8 Å². The molecule has 3 aliphatic rings. The molecule has 2 amide bonds. The van der Waals surface area contributed by atoms with Gasteiger partial charge in [-0.15, -0.1) is 11.3 Å². The number of allylic oxidation sites excluding steroid dienone is 1. The van der Waals surface area contributed by atoms with Gasteiger partial charge >= 0.3 is 0 Å². The van der Waals surface area contributed by atoms with Crippen molar-refractivity contribution >= 4 is 40.7 Å². The van der Waals surface area contributed by atoms with Crippen molar-refractivity contribution in [1.82, 2.24) is 30.1 Å². The molecule has 0 bridgehead atoms. The van der Waals surface area contributed by atoms with Crippen LogP contribution >= 0.6 is 11.3 Å². The lowest BCUT2D eigenvalue weighted by Gasteiger charge is -2.19. The second-order valence-corrected chi connectivity index (χ2v) is 11.2. The summed E-state index contributed by atoms with van der Waals surface area (Å²) >= 11 is 1.44. The van der Waals surface area contributed by atoms with Gasteiger partial charge in [-0.25, -0.2) is 4.98 Å². The molecule has 6 rings (SSSR count). The maximum atomic E-state index is 12.8. The number of hydrogen-bond acceptors (Lipinski definition) is 7. The highest BCUT2D eigenvalue weighted by molar-refractivity contribution is 7.17. The summed E-state index contributed by atoms with van der Waals surface area (Å²) in [4.78, 5) is 33.5. The van der Waals surface area contributed by atoms with Crippen LogP contribution in [0.25, 0.3) is 22.3 Å². The van der Waals surface area contributed by atoms with E-state index in [4.69, 9.17) is 4.98 Å². The van der Waals surface area contributed by atoms with E-state index in [-0.39, 0.29) is 11.8 Å². The van der Waals surface area contributed by atoms with Crippen molar-refractivity contribution in [3.8, 4) is 10.6 Å². The molecule has 1 aliphatic carbocycles. The summed E-state index contributed by atoms with van der Waals surface area (Å²) in [7, 11) is 2.16. The largest absolute Gasteiger partial charge is 0.367 e. The van der Waals surface area contributed by atoms with Gasteiger partial charge in [0.2, 0.25) is 5.91 Å². The van der Waals surface area contributed by atoms with Crippen LogP contribution < -0.4 is 16.0 Å². The zero-order valence-corrected chi connectivity index (χ0v) is 21.7. The number of carbonyl (C=O) groups excluding carboxylic acids is 2. The fraction of sp³-hybridized carbons (Fsp3) is 0.407. The molecule has 0 radical (unpaired) electrons. The van der Waals surface area contributed by atoms with Crippen LogP contribution in [0, 0.1) is 0 Å². The van der Waals surface area contributed by atoms with E-state index >= 15 is 0 Å². The lowest BCUT2D eigenvalue weighted by atomic mass is 10.1. The molecule has 3 N–H and O–H groups in total. The van der Waals surface area contributed by atoms with Gasteiger partial charge in [-0.1, -0.05) is 6.58 Å². The van der Waals surface area contributed by atoms with Crippen LogP contribution in [0.15, 0.2) is 42.2 Å². The Morgan fingerprint density at radius 1 is 1.32 bits per heavy atom. The van der Waals surface area contributed by atoms with Gasteiger partial charge in [-0.05, 0) is 69.5 Å². The lowest BCUT2D eigenvalue weighted by Crippen LogP contribution is -2.31. The van der Waals surface area contributed by atoms with Crippen LogP contribution in [0.5, 0.6) is 0 Å². The molecule has 10 heteroatoms. The van der Waals surface area contributed by atoms with E-state index in [9.17, 15) is 9.59 Å². The first-order chi connectivity index (χ1) is 17.9. The number of hydrogen-bond donors (Lipinski definition) is 3. The van der Waals surface area contributed by atoms with E-state index in [1.165, 1.54) is 24.2 Å². The number of anilines is 1. The number of aromatic nitrogens is 3. The summed E-state index contributed by atoms with van der Waals surface area (Å²) in [5.74, 6) is 0.768. The number of likely N-dealkylation sites (tertiary alicyclic amines) is 1. The van der Waals surface area contributed by atoms with Crippen LogP contribution in [-0.2, 0) is 4.79 Å². The number of carbonyl (C=O) groups is 2. The average Bonchev–Trinajstić information content (AvgIpc) is 3.22. The summed E-state index contributed by atoms with van der Waals surface area (Å²) < 4.78 is 1.81. The molecule has 3 aromatic rings. The fourth-order valence-corrected chi connectivity index (χ4v) is 5.91. The van der Waals surface area contributed by atoms with E-state index in [0.29, 0.717) is 41.3 Å². The maximum absolute atomic E-state index is 12.8. The van der Waals surface area contributed by atoms with Gasteiger partial charge in [0.15, 0.2) is 5.65 Å². The van der Waals surface area contributed by atoms with Gasteiger partial charge in [0.1, 0.15) is 5.82 Å². The molecule has 37 heavy (non-hydrogen) atoms. The molecule has 192 valence electrons. The molecule has 1 saturated carbocycles. The topological polar surface area (TPSA) is 104 Å². The zero-order valence-electron chi connectivity index (χ0n) is 20.9. The first-order valence-corrected chi connectivity index (χ1v) is 13.7. The highest BCUT2D eigenvalue weighted by Gasteiger charge is 2.25. The summed E-state index contributed by atoms with van der Waals surface area (Å²) in [5.41, 5.74) is 3.75. The summed E-state index contributed by atoms with van der Waals surface area (Å²) in [6.07, 6.45) is 9.66. The Morgan fingerprint density at radius 2 is 2.19 bits per heavy atom. The number of fused-ring (bicyclic) bond motifs is 1. The summed E-state index contributed by atoms with van der Waals surface area (Å²) in [5, 5.41) is 14.0. The van der Waals surface area contributed by atoms with Gasteiger partial charge in [-0.3, -0.25) is 9.59 Å². The molecule has 3 aromatic heterocycles. The Hall–Kier alpha value is -3.50. The number of rotatable bonds is 8. The number of thiophene rings is 1. The minimum atomic E-state index is -0.0582. The smallest absolute Gasteiger partial charge is 0.261 e. The fourth-order valence-electron chi connectivity index (χ4n) is 5.03. The van der Waals surface area contributed by atoms with Crippen LogP contribution in [0.3, 0.4) is 0 Å².